The molecule has 1 fully saturated rings. The number of aliphatic hydroxyl groups excluding tert-OH is 2. The number of β-lactam (4-membered cyclic amide) rings is 1. The average Bonchev–Trinajstić information content (AvgIpc) is 3.38. The number of esters is 1. The van der Waals surface area contributed by atoms with Gasteiger partial charge in [-0.2, -0.15) is 0 Å². The van der Waals surface area contributed by atoms with Crippen LogP contribution in [-0.4, -0.2) is 75.0 Å². The van der Waals surface area contributed by atoms with Crippen LogP contribution in [0.2, 0.25) is 0 Å². The second-order valence-corrected chi connectivity index (χ2v) is 12.2. The highest BCUT2D eigenvalue weighted by Crippen LogP contribution is 2.51. The van der Waals surface area contributed by atoms with Crippen LogP contribution < -0.4 is 0 Å². The first kappa shape index (κ1) is 30.1. The molecule has 2 amide bonds. The topological polar surface area (TPSA) is 130 Å². The van der Waals surface area contributed by atoms with Crippen molar-refractivity contribution in [1.29, 1.82) is 0 Å². The molecule has 2 aliphatic rings. The van der Waals surface area contributed by atoms with Gasteiger partial charge in [-0.25, -0.2) is 14.6 Å². The van der Waals surface area contributed by atoms with Crippen molar-refractivity contribution in [2.24, 2.45) is 23.7 Å². The number of hydrogen-bond donors (Lipinski definition) is 2. The van der Waals surface area contributed by atoms with Crippen LogP contribution in [0.4, 0.5) is 4.79 Å². The van der Waals surface area contributed by atoms with Gasteiger partial charge in [-0.3, -0.25) is 4.79 Å². The van der Waals surface area contributed by atoms with Gasteiger partial charge in [0.25, 0.3) is 0 Å². The molecule has 0 radical (unpaired) electrons. The third-order valence-electron chi connectivity index (χ3n) is 6.34. The molecule has 0 saturated carbocycles. The summed E-state index contributed by atoms with van der Waals surface area (Å²) in [5, 5.41) is 21.4. The lowest BCUT2D eigenvalue weighted by Crippen LogP contribution is -2.63. The fourth-order valence-corrected chi connectivity index (χ4v) is 6.55. The van der Waals surface area contributed by atoms with E-state index >= 15 is 0 Å². The molecular formula is C26H37N3O7S2. The smallest absolute Gasteiger partial charge is 0.412 e. The lowest BCUT2D eigenvalue weighted by Gasteiger charge is -2.46. The zero-order chi connectivity index (χ0) is 28.1. The Kier molecular flexibility index (Phi) is 10.4. The van der Waals surface area contributed by atoms with Crippen molar-refractivity contribution in [3.63, 3.8) is 0 Å². The Bertz CT molecular complexity index is 1070. The van der Waals surface area contributed by atoms with Crippen LogP contribution >= 0.6 is 23.1 Å². The van der Waals surface area contributed by atoms with Crippen molar-refractivity contribution in [1.82, 2.24) is 14.8 Å². The summed E-state index contributed by atoms with van der Waals surface area (Å²) in [6, 6.07) is -0.368. The van der Waals surface area contributed by atoms with Crippen LogP contribution in [0.1, 0.15) is 52.1 Å². The van der Waals surface area contributed by atoms with Crippen LogP contribution in [0.5, 0.6) is 0 Å². The quantitative estimate of drug-likeness (QED) is 0.221. The summed E-state index contributed by atoms with van der Waals surface area (Å²) >= 11 is 2.65. The highest BCUT2D eigenvalue weighted by Gasteiger charge is 2.60. The number of carbonyl (C=O) groups is 3. The van der Waals surface area contributed by atoms with Crippen LogP contribution in [0.25, 0.3) is 6.08 Å². The van der Waals surface area contributed by atoms with Crippen molar-refractivity contribution < 1.29 is 34.1 Å². The van der Waals surface area contributed by atoms with Crippen molar-refractivity contribution in [2.75, 3.05) is 19.9 Å². The molecule has 0 aromatic carbocycles. The van der Waals surface area contributed by atoms with E-state index < -0.39 is 30.9 Å². The number of amides is 2. The van der Waals surface area contributed by atoms with E-state index in [4.69, 9.17) is 9.47 Å². The second-order valence-electron chi connectivity index (χ2n) is 10.4. The van der Waals surface area contributed by atoms with E-state index in [1.807, 2.05) is 34.6 Å². The number of thiazole rings is 1. The number of thioether (sulfide) groups is 1. The Labute approximate surface area is 231 Å². The average molecular weight is 568 g/mol. The molecule has 3 rings (SSSR count). The summed E-state index contributed by atoms with van der Waals surface area (Å²) in [7, 11) is 0. The van der Waals surface area contributed by atoms with E-state index in [0.717, 1.165) is 4.88 Å². The number of aromatic nitrogens is 1. The van der Waals surface area contributed by atoms with E-state index in [1.54, 1.807) is 28.8 Å². The van der Waals surface area contributed by atoms with Crippen molar-refractivity contribution in [3.05, 3.63) is 32.1 Å². The molecule has 0 spiro atoms. The first-order valence-electron chi connectivity index (χ1n) is 12.7. The Morgan fingerprint density at radius 2 is 1.87 bits per heavy atom. The highest BCUT2D eigenvalue weighted by molar-refractivity contribution is 8.06. The van der Waals surface area contributed by atoms with E-state index in [1.165, 1.54) is 28.0 Å². The number of fused-ring (bicyclic) bond motifs is 1. The molecule has 10 nitrogen and oxygen atoms in total. The summed E-state index contributed by atoms with van der Waals surface area (Å²) in [5.41, 5.74) is 2.29. The number of hydrogen-bond acceptors (Lipinski definition) is 10. The number of ether oxygens (including phenoxy) is 2. The van der Waals surface area contributed by atoms with Gasteiger partial charge in [-0.15, -0.1) is 11.3 Å². The lowest BCUT2D eigenvalue weighted by atomic mass is 9.79. The SMILES string of the molecule is CC(C)CN(CC(C)C)C(=O)OCOC(=O)C1=C(SC=Cc2scnc2CO)[C@H](C)[C@@H]2[C@@H]([C@@H](C)O)C(=O)N12. The molecule has 2 N–H and O–H groups in total. The number of aliphatic hydroxyl groups is 2. The molecular weight excluding hydrogens is 530 g/mol. The predicted octanol–water partition coefficient (Wildman–Crippen LogP) is 3.66. The first-order valence-corrected chi connectivity index (χ1v) is 14.4. The van der Waals surface area contributed by atoms with Crippen molar-refractivity contribution in [2.45, 2.75) is 60.3 Å². The van der Waals surface area contributed by atoms with Crippen LogP contribution in [-0.2, 0) is 25.7 Å². The van der Waals surface area contributed by atoms with Gasteiger partial charge in [-0.1, -0.05) is 46.4 Å². The summed E-state index contributed by atoms with van der Waals surface area (Å²) < 4.78 is 10.6. The summed E-state index contributed by atoms with van der Waals surface area (Å²) in [6.07, 6.45) is 0.365. The maximum atomic E-state index is 13.2. The summed E-state index contributed by atoms with van der Waals surface area (Å²) in [4.78, 5) is 47.2. The Morgan fingerprint density at radius 3 is 2.45 bits per heavy atom. The number of rotatable bonds is 12. The molecule has 0 aliphatic carbocycles. The van der Waals surface area contributed by atoms with Gasteiger partial charge >= 0.3 is 12.1 Å². The number of carbonyl (C=O) groups excluding carboxylic acids is 3. The van der Waals surface area contributed by atoms with E-state index in [-0.39, 0.29) is 42.0 Å². The van der Waals surface area contributed by atoms with Gasteiger partial charge in [0.1, 0.15) is 5.70 Å². The Hall–Kier alpha value is -2.41. The summed E-state index contributed by atoms with van der Waals surface area (Å²) in [5.74, 6) is -1.46. The van der Waals surface area contributed by atoms with Crippen LogP contribution in [0.3, 0.4) is 0 Å². The molecule has 3 heterocycles. The fraction of sp³-hybridized carbons (Fsp3) is 0.615. The highest BCUT2D eigenvalue weighted by atomic mass is 32.2. The van der Waals surface area contributed by atoms with Gasteiger partial charge in [0, 0.05) is 23.9 Å². The van der Waals surface area contributed by atoms with Crippen LogP contribution in [0, 0.1) is 23.7 Å². The molecule has 0 bridgehead atoms. The third-order valence-corrected chi connectivity index (χ3v) is 8.27. The standard InChI is InChI=1S/C26H37N3O7S2/c1-14(2)9-28(10-15(3)4)26(34)36-13-35-25(33)22-23(37-8-7-19-18(11-30)27-12-38-19)16(5)21-20(17(6)31)24(32)29(21)22/h7-8,12,14-17,20-21,30-31H,9-11,13H2,1-6H3/t16-,17-,20-,21-/m1/s1. The Morgan fingerprint density at radius 1 is 1.21 bits per heavy atom. The molecule has 1 saturated heterocycles. The van der Waals surface area contributed by atoms with E-state index in [9.17, 15) is 24.6 Å². The summed E-state index contributed by atoms with van der Waals surface area (Å²) in [6.45, 7) is 11.7. The minimum atomic E-state index is -0.860. The van der Waals surface area contributed by atoms with Crippen LogP contribution in [0.15, 0.2) is 21.5 Å². The van der Waals surface area contributed by atoms with Gasteiger partial charge < -0.3 is 29.5 Å². The maximum absolute atomic E-state index is 13.2. The van der Waals surface area contributed by atoms with Gasteiger partial charge in [0.05, 0.1) is 40.8 Å². The monoisotopic (exact) mass is 567 g/mol. The zero-order valence-corrected chi connectivity index (χ0v) is 24.3. The van der Waals surface area contributed by atoms with Gasteiger partial charge in [-0.05, 0) is 30.2 Å². The molecule has 12 heteroatoms. The van der Waals surface area contributed by atoms with Gasteiger partial charge in [0.15, 0.2) is 0 Å². The van der Waals surface area contributed by atoms with Crippen molar-refractivity contribution >= 4 is 47.1 Å². The molecule has 2 aliphatic heterocycles. The van der Waals surface area contributed by atoms with Gasteiger partial charge in [0.2, 0.25) is 12.7 Å². The second kappa shape index (κ2) is 13.1. The Balaban J connectivity index is 1.74. The largest absolute Gasteiger partial charge is 0.423 e. The lowest BCUT2D eigenvalue weighted by molar-refractivity contribution is -0.166. The normalized spacial score (nSPS) is 21.8. The molecule has 1 aromatic rings. The molecule has 4 atom stereocenters. The van der Waals surface area contributed by atoms with E-state index in [2.05, 4.69) is 4.98 Å². The first-order chi connectivity index (χ1) is 18.0. The number of nitrogens with zero attached hydrogens (tertiary/aromatic N) is 3. The minimum absolute atomic E-state index is 0.100. The molecule has 38 heavy (non-hydrogen) atoms. The third kappa shape index (κ3) is 6.59. The molecule has 1 aromatic heterocycles. The predicted molar refractivity (Wildman–Crippen MR) is 145 cm³/mol. The molecule has 210 valence electrons. The van der Waals surface area contributed by atoms with E-state index in [0.29, 0.717) is 23.7 Å². The zero-order valence-electron chi connectivity index (χ0n) is 22.6. The maximum Gasteiger partial charge on any atom is 0.412 e. The van der Waals surface area contributed by atoms with Crippen molar-refractivity contribution in [3.8, 4) is 0 Å². The fourth-order valence-electron chi connectivity index (χ4n) is 4.77. The minimum Gasteiger partial charge on any atom is -0.423 e. The molecule has 0 unspecified atom stereocenters.